The van der Waals surface area contributed by atoms with E-state index in [4.69, 9.17) is 4.42 Å². The van der Waals surface area contributed by atoms with Gasteiger partial charge >= 0.3 is 0 Å². The van der Waals surface area contributed by atoms with Crippen molar-refractivity contribution in [2.24, 2.45) is 0 Å². The summed E-state index contributed by atoms with van der Waals surface area (Å²) in [5, 5.41) is 2.93. The zero-order chi connectivity index (χ0) is 17.8. The van der Waals surface area contributed by atoms with Crippen LogP contribution in [0.15, 0.2) is 51.6 Å². The van der Waals surface area contributed by atoms with E-state index in [-0.39, 0.29) is 17.9 Å². The van der Waals surface area contributed by atoms with Crippen LogP contribution in [-0.2, 0) is 4.79 Å². The maximum atomic E-state index is 12.4. The minimum Gasteiger partial charge on any atom is -0.459 e. The fourth-order valence-electron chi connectivity index (χ4n) is 2.81. The Morgan fingerprint density at radius 1 is 1.12 bits per heavy atom. The van der Waals surface area contributed by atoms with Crippen LogP contribution in [0.1, 0.15) is 17.5 Å². The van der Waals surface area contributed by atoms with Crippen molar-refractivity contribution in [3.05, 3.63) is 52.9 Å². The first-order valence-corrected chi connectivity index (χ1v) is 8.97. The lowest BCUT2D eigenvalue weighted by atomic mass is 10.2. The Balaban J connectivity index is 1.52. The van der Waals surface area contributed by atoms with Crippen LogP contribution in [0.3, 0.4) is 0 Å². The van der Waals surface area contributed by atoms with E-state index in [2.05, 4.69) is 26.1 Å². The predicted molar refractivity (Wildman–Crippen MR) is 98.4 cm³/mol. The van der Waals surface area contributed by atoms with Crippen LogP contribution >= 0.6 is 15.9 Å². The van der Waals surface area contributed by atoms with Crippen LogP contribution in [0, 0.1) is 0 Å². The van der Waals surface area contributed by atoms with Gasteiger partial charge in [0.05, 0.1) is 12.3 Å². The standard InChI is InChI=1S/C18H20BrN3O3/c1-13(17(23)20-15-6-4-14(19)5-7-15)21-8-10-22(11-9-21)18(24)16-3-2-12-25-16/h2-7,12-13H,8-11H2,1H3,(H,20,23). The average Bonchev–Trinajstić information content (AvgIpc) is 3.17. The molecule has 1 fully saturated rings. The smallest absolute Gasteiger partial charge is 0.289 e. The van der Waals surface area contributed by atoms with Gasteiger partial charge in [-0.25, -0.2) is 0 Å². The molecule has 0 bridgehead atoms. The molecule has 0 spiro atoms. The van der Waals surface area contributed by atoms with Gasteiger partial charge in [0.15, 0.2) is 5.76 Å². The molecule has 2 heterocycles. The lowest BCUT2D eigenvalue weighted by molar-refractivity contribution is -0.121. The second-order valence-electron chi connectivity index (χ2n) is 5.98. The zero-order valence-electron chi connectivity index (χ0n) is 13.9. The molecular weight excluding hydrogens is 386 g/mol. The second kappa shape index (κ2) is 7.84. The Kier molecular flexibility index (Phi) is 5.55. The lowest BCUT2D eigenvalue weighted by Gasteiger charge is -2.37. The average molecular weight is 406 g/mol. The summed E-state index contributed by atoms with van der Waals surface area (Å²) < 4.78 is 6.13. The van der Waals surface area contributed by atoms with E-state index in [0.717, 1.165) is 10.2 Å². The van der Waals surface area contributed by atoms with E-state index in [1.165, 1.54) is 6.26 Å². The number of piperazine rings is 1. The van der Waals surface area contributed by atoms with E-state index < -0.39 is 0 Å². The molecule has 3 rings (SSSR count). The minimum absolute atomic E-state index is 0.0480. The number of furan rings is 1. The Hall–Kier alpha value is -2.12. The van der Waals surface area contributed by atoms with Gasteiger partial charge in [-0.05, 0) is 43.3 Å². The number of nitrogens with zero attached hydrogens (tertiary/aromatic N) is 2. The molecule has 1 saturated heterocycles. The second-order valence-corrected chi connectivity index (χ2v) is 6.89. The summed E-state index contributed by atoms with van der Waals surface area (Å²) >= 11 is 3.37. The van der Waals surface area contributed by atoms with Gasteiger partial charge in [-0.2, -0.15) is 0 Å². The highest BCUT2D eigenvalue weighted by Crippen LogP contribution is 2.16. The molecule has 132 valence electrons. The molecular formula is C18H20BrN3O3. The summed E-state index contributed by atoms with van der Waals surface area (Å²) in [4.78, 5) is 28.6. The molecule has 7 heteroatoms. The molecule has 1 aliphatic rings. The third-order valence-electron chi connectivity index (χ3n) is 4.37. The maximum absolute atomic E-state index is 12.4. The number of carbonyl (C=O) groups is 2. The van der Waals surface area contributed by atoms with Crippen LogP contribution < -0.4 is 5.32 Å². The van der Waals surface area contributed by atoms with E-state index in [0.29, 0.717) is 31.9 Å². The van der Waals surface area contributed by atoms with Gasteiger partial charge in [0.25, 0.3) is 5.91 Å². The Bertz CT molecular complexity index is 723. The Morgan fingerprint density at radius 3 is 2.40 bits per heavy atom. The molecule has 2 amide bonds. The fourth-order valence-corrected chi connectivity index (χ4v) is 3.08. The van der Waals surface area contributed by atoms with Crippen LogP contribution in [-0.4, -0.2) is 53.8 Å². The summed E-state index contributed by atoms with van der Waals surface area (Å²) in [6.07, 6.45) is 1.50. The molecule has 1 N–H and O–H groups in total. The number of hydrogen-bond donors (Lipinski definition) is 1. The number of nitrogens with one attached hydrogen (secondary N) is 1. The molecule has 1 aromatic heterocycles. The molecule has 1 unspecified atom stereocenters. The number of anilines is 1. The number of halogens is 1. The molecule has 2 aromatic rings. The zero-order valence-corrected chi connectivity index (χ0v) is 15.5. The van der Waals surface area contributed by atoms with Gasteiger partial charge < -0.3 is 14.6 Å². The van der Waals surface area contributed by atoms with Gasteiger partial charge in [-0.1, -0.05) is 15.9 Å². The third kappa shape index (κ3) is 4.29. The summed E-state index contributed by atoms with van der Waals surface area (Å²) in [5.41, 5.74) is 0.770. The Morgan fingerprint density at radius 2 is 1.80 bits per heavy atom. The van der Waals surface area contributed by atoms with Gasteiger partial charge in [0, 0.05) is 36.3 Å². The van der Waals surface area contributed by atoms with E-state index in [1.807, 2.05) is 31.2 Å². The first-order valence-electron chi connectivity index (χ1n) is 8.18. The monoisotopic (exact) mass is 405 g/mol. The molecule has 1 atom stereocenters. The van der Waals surface area contributed by atoms with Crippen molar-refractivity contribution in [3.63, 3.8) is 0 Å². The van der Waals surface area contributed by atoms with Crippen molar-refractivity contribution in [1.29, 1.82) is 0 Å². The SMILES string of the molecule is CC(C(=O)Nc1ccc(Br)cc1)N1CCN(C(=O)c2ccco2)CC1. The van der Waals surface area contributed by atoms with E-state index >= 15 is 0 Å². The minimum atomic E-state index is -0.260. The number of hydrogen-bond acceptors (Lipinski definition) is 4. The molecule has 1 aliphatic heterocycles. The predicted octanol–water partition coefficient (Wildman–Crippen LogP) is 2.83. The van der Waals surface area contributed by atoms with Gasteiger partial charge in [-0.3, -0.25) is 14.5 Å². The highest BCUT2D eigenvalue weighted by molar-refractivity contribution is 9.10. The van der Waals surface area contributed by atoms with E-state index in [1.54, 1.807) is 17.0 Å². The number of rotatable bonds is 4. The van der Waals surface area contributed by atoms with Crippen molar-refractivity contribution in [2.75, 3.05) is 31.5 Å². The van der Waals surface area contributed by atoms with Crippen LogP contribution in [0.5, 0.6) is 0 Å². The van der Waals surface area contributed by atoms with Crippen molar-refractivity contribution < 1.29 is 14.0 Å². The highest BCUT2D eigenvalue weighted by Gasteiger charge is 2.28. The summed E-state index contributed by atoms with van der Waals surface area (Å²) in [7, 11) is 0. The summed E-state index contributed by atoms with van der Waals surface area (Å²) in [6, 6.07) is 10.6. The van der Waals surface area contributed by atoms with Crippen LogP contribution in [0.25, 0.3) is 0 Å². The fraction of sp³-hybridized carbons (Fsp3) is 0.333. The van der Waals surface area contributed by atoms with Crippen molar-refractivity contribution >= 4 is 33.4 Å². The first-order chi connectivity index (χ1) is 12.0. The van der Waals surface area contributed by atoms with Gasteiger partial charge in [0.1, 0.15) is 0 Å². The summed E-state index contributed by atoms with van der Waals surface area (Å²) in [5.74, 6) is 0.208. The third-order valence-corrected chi connectivity index (χ3v) is 4.90. The van der Waals surface area contributed by atoms with E-state index in [9.17, 15) is 9.59 Å². The molecule has 25 heavy (non-hydrogen) atoms. The van der Waals surface area contributed by atoms with Gasteiger partial charge in [0.2, 0.25) is 5.91 Å². The summed E-state index contributed by atoms with van der Waals surface area (Å²) in [6.45, 7) is 4.35. The largest absolute Gasteiger partial charge is 0.459 e. The lowest BCUT2D eigenvalue weighted by Crippen LogP contribution is -2.54. The Labute approximate surface area is 154 Å². The number of carbonyl (C=O) groups excluding carboxylic acids is 2. The van der Waals surface area contributed by atoms with Crippen molar-refractivity contribution in [3.8, 4) is 0 Å². The quantitative estimate of drug-likeness (QED) is 0.848. The van der Waals surface area contributed by atoms with Crippen molar-refractivity contribution in [1.82, 2.24) is 9.80 Å². The topological polar surface area (TPSA) is 65.8 Å². The molecule has 0 radical (unpaired) electrons. The highest BCUT2D eigenvalue weighted by atomic mass is 79.9. The van der Waals surface area contributed by atoms with Crippen molar-refractivity contribution in [2.45, 2.75) is 13.0 Å². The molecule has 0 saturated carbocycles. The molecule has 6 nitrogen and oxygen atoms in total. The number of amides is 2. The van der Waals surface area contributed by atoms with Crippen LogP contribution in [0.4, 0.5) is 5.69 Å². The normalized spacial score (nSPS) is 16.5. The molecule has 0 aliphatic carbocycles. The number of benzene rings is 1. The van der Waals surface area contributed by atoms with Crippen LogP contribution in [0.2, 0.25) is 0 Å². The first kappa shape index (κ1) is 17.7. The maximum Gasteiger partial charge on any atom is 0.289 e. The molecule has 1 aromatic carbocycles. The van der Waals surface area contributed by atoms with Gasteiger partial charge in [-0.15, -0.1) is 0 Å².